The number of nitrogens with zero attached hydrogens (tertiary/aromatic N) is 1. The van der Waals surface area contributed by atoms with Crippen molar-refractivity contribution in [1.82, 2.24) is 10.2 Å². The summed E-state index contributed by atoms with van der Waals surface area (Å²) in [5, 5.41) is 10.4. The van der Waals surface area contributed by atoms with E-state index in [4.69, 9.17) is 0 Å². The zero-order valence-electron chi connectivity index (χ0n) is 8.71. The van der Waals surface area contributed by atoms with Gasteiger partial charge in [0.15, 0.2) is 11.6 Å². The molecule has 0 aromatic carbocycles. The fraction of sp³-hybridized carbons (Fsp3) is 0.400. The second-order valence-corrected chi connectivity index (χ2v) is 5.42. The number of aromatic nitrogens is 2. The first-order chi connectivity index (χ1) is 7.68. The Morgan fingerprint density at radius 3 is 3.00 bits per heavy atom. The van der Waals surface area contributed by atoms with Crippen molar-refractivity contribution in [2.75, 3.05) is 5.32 Å². The van der Waals surface area contributed by atoms with Gasteiger partial charge in [-0.1, -0.05) is 9.34 Å². The van der Waals surface area contributed by atoms with Gasteiger partial charge in [-0.25, -0.2) is 0 Å². The van der Waals surface area contributed by atoms with Gasteiger partial charge in [0.2, 0.25) is 16.3 Å². The molecule has 0 saturated carbocycles. The van der Waals surface area contributed by atoms with Gasteiger partial charge < -0.3 is 5.32 Å². The summed E-state index contributed by atoms with van der Waals surface area (Å²) in [6, 6.07) is 0. The molecule has 0 bridgehead atoms. The van der Waals surface area contributed by atoms with Crippen LogP contribution >= 0.6 is 0 Å². The Morgan fingerprint density at radius 1 is 1.38 bits per heavy atom. The summed E-state index contributed by atoms with van der Waals surface area (Å²) in [6.07, 6.45) is 2.56. The van der Waals surface area contributed by atoms with Crippen molar-refractivity contribution in [3.63, 3.8) is 0 Å². The second-order valence-electron chi connectivity index (χ2n) is 4.17. The largest absolute Gasteiger partial charge is 0.342 e. The van der Waals surface area contributed by atoms with Crippen molar-refractivity contribution in [2.45, 2.75) is 24.0 Å². The van der Waals surface area contributed by atoms with Crippen LogP contribution in [-0.4, -0.2) is 48.6 Å². The molecule has 1 unspecified atom stereocenters. The number of carbonyl (C=O) groups is 1. The highest BCUT2D eigenvalue weighted by atomic mass is 27.1. The van der Waals surface area contributed by atoms with Crippen molar-refractivity contribution in [2.24, 2.45) is 0 Å². The lowest BCUT2D eigenvalue weighted by Crippen LogP contribution is -2.28. The minimum atomic E-state index is 0.0744. The second kappa shape index (κ2) is 3.76. The Morgan fingerprint density at radius 2 is 2.19 bits per heavy atom. The number of fused-ring (bicyclic) bond motifs is 1. The Hall–Kier alpha value is -0.515. The molecule has 0 saturated heterocycles. The van der Waals surface area contributed by atoms with Crippen molar-refractivity contribution in [1.29, 1.82) is 0 Å². The number of hydrogen-bond donors (Lipinski definition) is 2. The summed E-state index contributed by atoms with van der Waals surface area (Å²) in [5.74, 6) is 1.13. The van der Waals surface area contributed by atoms with Crippen LogP contribution in [0.2, 0.25) is 0 Å². The first-order valence-electron chi connectivity index (χ1n) is 5.31. The summed E-state index contributed by atoms with van der Waals surface area (Å²) >= 11 is 5.39. The van der Waals surface area contributed by atoms with E-state index in [9.17, 15) is 4.79 Å². The predicted molar refractivity (Wildman–Crippen MR) is 62.0 cm³/mol. The van der Waals surface area contributed by atoms with E-state index in [0.717, 1.165) is 40.0 Å². The van der Waals surface area contributed by atoms with Crippen molar-refractivity contribution >= 4 is 48.7 Å². The third-order valence-corrected chi connectivity index (χ3v) is 4.29. The summed E-state index contributed by atoms with van der Waals surface area (Å²) in [7, 11) is 0. The highest BCUT2D eigenvalue weighted by Crippen LogP contribution is 2.37. The van der Waals surface area contributed by atoms with Gasteiger partial charge in [0.25, 0.3) is 0 Å². The molecule has 2 N–H and O–H groups in total. The summed E-state index contributed by atoms with van der Waals surface area (Å²) < 4.78 is 1.03. The number of allylic oxidation sites excluding steroid dienone is 2. The molecule has 0 amide bonds. The maximum Gasteiger partial charge on any atom is 0.209 e. The van der Waals surface area contributed by atoms with Gasteiger partial charge in [0.1, 0.15) is 16.3 Å². The van der Waals surface area contributed by atoms with Crippen molar-refractivity contribution in [3.05, 3.63) is 16.8 Å². The molecule has 0 spiro atoms. The average Bonchev–Trinajstić information content (AvgIpc) is 2.60. The molecule has 3 rings (SSSR count). The minimum absolute atomic E-state index is 0.0744. The number of hydrogen-bond acceptors (Lipinski definition) is 3. The molecule has 2 aliphatic rings. The van der Waals surface area contributed by atoms with E-state index in [1.165, 1.54) is 0 Å². The van der Waals surface area contributed by atoms with E-state index in [2.05, 4.69) is 48.1 Å². The lowest BCUT2D eigenvalue weighted by atomic mass is 9.88. The number of rotatable bonds is 0. The first kappa shape index (κ1) is 10.6. The summed E-state index contributed by atoms with van der Waals surface area (Å²) in [4.78, 5) is 11.9. The monoisotopic (exact) mass is 241 g/mol. The molecule has 4 radical (unpaired) electrons. The fourth-order valence-corrected chi connectivity index (χ4v) is 3.71. The highest BCUT2D eigenvalue weighted by Gasteiger charge is 2.32. The lowest BCUT2D eigenvalue weighted by Gasteiger charge is -2.30. The number of anilines is 1. The highest BCUT2D eigenvalue weighted by molar-refractivity contribution is 6.34. The van der Waals surface area contributed by atoms with Crippen LogP contribution in [-0.2, 0) is 4.79 Å². The lowest BCUT2D eigenvalue weighted by molar-refractivity contribution is -0.116. The zero-order chi connectivity index (χ0) is 11.3. The smallest absolute Gasteiger partial charge is 0.209 e. The maximum absolute atomic E-state index is 11.9. The molecule has 16 heavy (non-hydrogen) atoms. The number of aromatic amines is 1. The van der Waals surface area contributed by atoms with Gasteiger partial charge >= 0.3 is 0 Å². The quantitative estimate of drug-likeness (QED) is 0.621. The van der Waals surface area contributed by atoms with Crippen LogP contribution in [0.25, 0.3) is 0 Å². The maximum atomic E-state index is 11.9. The molecule has 6 heteroatoms. The summed E-state index contributed by atoms with van der Waals surface area (Å²) in [6.45, 7) is 0. The van der Waals surface area contributed by atoms with Crippen LogP contribution in [0.1, 0.15) is 29.6 Å². The Kier molecular flexibility index (Phi) is 2.49. The molecule has 1 aromatic heterocycles. The third-order valence-electron chi connectivity index (χ3n) is 3.18. The molecule has 1 aliphatic carbocycles. The molecule has 2 heterocycles. The van der Waals surface area contributed by atoms with Crippen LogP contribution in [0.3, 0.4) is 0 Å². The van der Waals surface area contributed by atoms with E-state index in [-0.39, 0.29) is 10.6 Å². The van der Waals surface area contributed by atoms with Gasteiger partial charge in [-0.3, -0.25) is 9.89 Å². The number of H-pyrrole nitrogens is 1. The van der Waals surface area contributed by atoms with Crippen LogP contribution in [0, 0.1) is 0 Å². The molecular formula is C10H9Al2N3O. The van der Waals surface area contributed by atoms with Gasteiger partial charge in [-0.2, -0.15) is 5.10 Å². The molecule has 76 valence electrons. The molecule has 0 fully saturated rings. The molecular weight excluding hydrogens is 232 g/mol. The zero-order valence-corrected chi connectivity index (χ0v) is 11.0. The van der Waals surface area contributed by atoms with Crippen LogP contribution in [0.4, 0.5) is 5.82 Å². The van der Waals surface area contributed by atoms with Gasteiger partial charge in [0, 0.05) is 17.7 Å². The Balaban J connectivity index is 2.13. The Bertz CT molecular complexity index is 506. The average molecular weight is 241 g/mol. The number of ketones is 1. The van der Waals surface area contributed by atoms with E-state index < -0.39 is 0 Å². The summed E-state index contributed by atoms with van der Waals surface area (Å²) in [5.41, 5.74) is 3.05. The normalized spacial score (nSPS) is 23.8. The van der Waals surface area contributed by atoms with E-state index in [0.29, 0.717) is 6.42 Å². The van der Waals surface area contributed by atoms with E-state index in [1.807, 2.05) is 0 Å². The predicted octanol–water partition coefficient (Wildman–Crippen LogP) is -0.154. The Labute approximate surface area is 110 Å². The van der Waals surface area contributed by atoms with Gasteiger partial charge in [-0.15, -0.1) is 0 Å². The standard InChI is InChI=1S/C10H9N3O.2Al/c14-9-3-1-2-8-7(9)4-6-5-11-13-10(6)12-8;;/h4H,1-3H2,(H2,11,12,13);;. The van der Waals surface area contributed by atoms with Crippen molar-refractivity contribution in [3.8, 4) is 0 Å². The number of Topliss-reactive ketones (excluding diaryl/α,β-unsaturated/α-hetero) is 1. The van der Waals surface area contributed by atoms with E-state index in [1.54, 1.807) is 0 Å². The van der Waals surface area contributed by atoms with Gasteiger partial charge in [-0.05, 0) is 18.4 Å². The van der Waals surface area contributed by atoms with Gasteiger partial charge in [0.05, 0.1) is 0 Å². The number of carbonyl (C=O) groups excluding carboxylic acids is 1. The van der Waals surface area contributed by atoms with E-state index >= 15 is 0 Å². The first-order valence-corrected chi connectivity index (χ1v) is 6.55. The van der Waals surface area contributed by atoms with Crippen LogP contribution in [0.15, 0.2) is 11.3 Å². The molecule has 4 nitrogen and oxygen atoms in total. The van der Waals surface area contributed by atoms with Crippen LogP contribution < -0.4 is 9.87 Å². The SMILES string of the molecule is O=C1CCCC2=C1[CH]([Al])c1c(n[nH][c]1[Al])N2. The molecule has 1 atom stereocenters. The number of nitrogens with one attached hydrogen (secondary N) is 2. The van der Waals surface area contributed by atoms with Crippen molar-refractivity contribution < 1.29 is 4.79 Å². The molecule has 1 aliphatic heterocycles. The molecule has 1 aromatic rings. The minimum Gasteiger partial charge on any atom is -0.342 e. The fourth-order valence-electron chi connectivity index (χ4n) is 2.42. The third kappa shape index (κ3) is 1.42. The topological polar surface area (TPSA) is 57.8 Å². The van der Waals surface area contributed by atoms with Crippen LogP contribution in [0.5, 0.6) is 0 Å².